The van der Waals surface area contributed by atoms with Crippen LogP contribution in [-0.2, 0) is 30.0 Å². The van der Waals surface area contributed by atoms with Crippen LogP contribution in [0.15, 0.2) is 28.1 Å². The first-order valence-corrected chi connectivity index (χ1v) is 12.7. The number of nitrogens with one attached hydrogen (secondary N) is 2. The largest absolute Gasteiger partial charge is 0.356 e. The van der Waals surface area contributed by atoms with Crippen LogP contribution in [0.3, 0.4) is 0 Å². The zero-order chi connectivity index (χ0) is 21.4. The highest BCUT2D eigenvalue weighted by molar-refractivity contribution is 7.98. The number of guanidine groups is 1. The molecule has 8 nitrogen and oxygen atoms in total. The van der Waals surface area contributed by atoms with Gasteiger partial charge in [0.1, 0.15) is 5.82 Å². The fraction of sp³-hybridized carbons (Fsp3) is 0.526. The van der Waals surface area contributed by atoms with Crippen LogP contribution in [0.1, 0.15) is 29.2 Å². The molecule has 1 aromatic carbocycles. The Bertz CT molecular complexity index is 954. The Morgan fingerprint density at radius 1 is 1.24 bits per heavy atom. The molecule has 0 fully saturated rings. The molecule has 0 aliphatic rings. The first kappa shape index (κ1) is 23.2. The van der Waals surface area contributed by atoms with Crippen molar-refractivity contribution in [2.24, 2.45) is 12.0 Å². The second-order valence-electron chi connectivity index (χ2n) is 6.89. The van der Waals surface area contributed by atoms with E-state index in [1.54, 1.807) is 13.0 Å². The van der Waals surface area contributed by atoms with Crippen molar-refractivity contribution in [2.45, 2.75) is 38.3 Å². The number of aliphatic imine (C=N–C) groups is 1. The Morgan fingerprint density at radius 2 is 2.00 bits per heavy atom. The molecule has 29 heavy (non-hydrogen) atoms. The Morgan fingerprint density at radius 3 is 2.59 bits per heavy atom. The molecule has 1 heterocycles. The lowest BCUT2D eigenvalue weighted by Gasteiger charge is -2.13. The van der Waals surface area contributed by atoms with E-state index in [1.165, 1.54) is 6.26 Å². The third kappa shape index (κ3) is 7.04. The summed E-state index contributed by atoms with van der Waals surface area (Å²) < 4.78 is 25.5. The highest BCUT2D eigenvalue weighted by Gasteiger charge is 2.11. The van der Waals surface area contributed by atoms with E-state index in [4.69, 9.17) is 0 Å². The molecule has 0 bridgehead atoms. The van der Waals surface area contributed by atoms with Crippen LogP contribution in [0.4, 0.5) is 0 Å². The van der Waals surface area contributed by atoms with Gasteiger partial charge in [-0.1, -0.05) is 12.1 Å². The van der Waals surface area contributed by atoms with Crippen molar-refractivity contribution in [1.29, 1.82) is 0 Å². The molecule has 2 rings (SSSR count). The maximum Gasteiger partial charge on any atom is 0.191 e. The van der Waals surface area contributed by atoms with E-state index in [-0.39, 0.29) is 0 Å². The topological polar surface area (TPSA) is 101 Å². The van der Waals surface area contributed by atoms with Gasteiger partial charge in [-0.25, -0.2) is 13.4 Å². The first-order chi connectivity index (χ1) is 13.7. The SMILES string of the molecule is CSCCCNC(=NCc1ccc(S(C)(=O)=O)c(C)c1)NCc1nnc(C)n1C. The molecule has 0 amide bonds. The summed E-state index contributed by atoms with van der Waals surface area (Å²) in [7, 11) is -1.29. The summed E-state index contributed by atoms with van der Waals surface area (Å²) in [6.45, 7) is 5.49. The van der Waals surface area contributed by atoms with Gasteiger partial charge >= 0.3 is 0 Å². The molecule has 0 saturated heterocycles. The van der Waals surface area contributed by atoms with Crippen molar-refractivity contribution < 1.29 is 8.42 Å². The van der Waals surface area contributed by atoms with E-state index in [0.717, 1.165) is 41.5 Å². The zero-order valence-corrected chi connectivity index (χ0v) is 19.3. The van der Waals surface area contributed by atoms with E-state index < -0.39 is 9.84 Å². The minimum absolute atomic E-state index is 0.358. The lowest BCUT2D eigenvalue weighted by Crippen LogP contribution is -2.38. The Hall–Kier alpha value is -2.07. The van der Waals surface area contributed by atoms with Gasteiger partial charge in [0.2, 0.25) is 0 Å². The average molecular weight is 439 g/mol. The molecular formula is C19H30N6O2S2. The maximum atomic E-state index is 11.8. The quantitative estimate of drug-likeness (QED) is 0.350. The number of hydrogen-bond acceptors (Lipinski definition) is 6. The first-order valence-electron chi connectivity index (χ1n) is 9.38. The minimum Gasteiger partial charge on any atom is -0.356 e. The van der Waals surface area contributed by atoms with Crippen molar-refractivity contribution >= 4 is 27.6 Å². The van der Waals surface area contributed by atoms with Crippen molar-refractivity contribution in [2.75, 3.05) is 24.8 Å². The van der Waals surface area contributed by atoms with Gasteiger partial charge in [-0.3, -0.25) is 0 Å². The van der Waals surface area contributed by atoms with Crippen molar-refractivity contribution in [1.82, 2.24) is 25.4 Å². The van der Waals surface area contributed by atoms with Crippen LogP contribution in [-0.4, -0.2) is 54.0 Å². The zero-order valence-electron chi connectivity index (χ0n) is 17.7. The fourth-order valence-electron chi connectivity index (χ4n) is 2.76. The molecule has 0 saturated carbocycles. The van der Waals surface area contributed by atoms with Gasteiger partial charge in [0.15, 0.2) is 21.6 Å². The molecule has 0 unspecified atom stereocenters. The lowest BCUT2D eigenvalue weighted by atomic mass is 10.1. The van der Waals surface area contributed by atoms with Crippen LogP contribution in [0.2, 0.25) is 0 Å². The van der Waals surface area contributed by atoms with Crippen LogP contribution in [0.25, 0.3) is 0 Å². The maximum absolute atomic E-state index is 11.8. The molecule has 2 N–H and O–H groups in total. The number of benzene rings is 1. The molecule has 2 aromatic rings. The number of nitrogens with zero attached hydrogens (tertiary/aromatic N) is 4. The number of hydrogen-bond donors (Lipinski definition) is 2. The normalized spacial score (nSPS) is 12.2. The predicted molar refractivity (Wildman–Crippen MR) is 119 cm³/mol. The van der Waals surface area contributed by atoms with Gasteiger partial charge in [-0.2, -0.15) is 11.8 Å². The van der Waals surface area contributed by atoms with E-state index >= 15 is 0 Å². The number of rotatable bonds is 9. The average Bonchev–Trinajstić information content (AvgIpc) is 2.97. The number of aryl methyl sites for hydroxylation is 2. The van der Waals surface area contributed by atoms with Crippen LogP contribution < -0.4 is 10.6 Å². The van der Waals surface area contributed by atoms with E-state index in [0.29, 0.717) is 23.9 Å². The summed E-state index contributed by atoms with van der Waals surface area (Å²) >= 11 is 1.81. The van der Waals surface area contributed by atoms with Gasteiger partial charge in [-0.05, 0) is 49.5 Å². The third-order valence-electron chi connectivity index (χ3n) is 4.47. The van der Waals surface area contributed by atoms with Crippen LogP contribution in [0, 0.1) is 13.8 Å². The molecule has 0 radical (unpaired) electrons. The van der Waals surface area contributed by atoms with E-state index in [2.05, 4.69) is 32.1 Å². The predicted octanol–water partition coefficient (Wildman–Crippen LogP) is 1.82. The minimum atomic E-state index is -3.22. The highest BCUT2D eigenvalue weighted by atomic mass is 32.2. The molecule has 10 heteroatoms. The summed E-state index contributed by atoms with van der Waals surface area (Å²) in [5, 5.41) is 14.9. The molecule has 0 aliphatic heterocycles. The van der Waals surface area contributed by atoms with Gasteiger partial charge in [0, 0.05) is 19.8 Å². The van der Waals surface area contributed by atoms with Crippen molar-refractivity contribution in [3.63, 3.8) is 0 Å². The second kappa shape index (κ2) is 10.6. The van der Waals surface area contributed by atoms with E-state index in [1.807, 2.05) is 42.4 Å². The summed E-state index contributed by atoms with van der Waals surface area (Å²) in [6, 6.07) is 5.33. The molecule has 160 valence electrons. The third-order valence-corrected chi connectivity index (χ3v) is 6.43. The van der Waals surface area contributed by atoms with Gasteiger partial charge in [0.05, 0.1) is 18.0 Å². The fourth-order valence-corrected chi connectivity index (χ4v) is 4.15. The van der Waals surface area contributed by atoms with E-state index in [9.17, 15) is 8.42 Å². The molecule has 1 aromatic heterocycles. The smallest absolute Gasteiger partial charge is 0.191 e. The summed E-state index contributed by atoms with van der Waals surface area (Å²) in [5.74, 6) is 3.45. The Balaban J connectivity index is 2.09. The number of sulfone groups is 1. The summed E-state index contributed by atoms with van der Waals surface area (Å²) in [6.07, 6.45) is 4.35. The molecular weight excluding hydrogens is 408 g/mol. The van der Waals surface area contributed by atoms with Gasteiger partial charge < -0.3 is 15.2 Å². The van der Waals surface area contributed by atoms with Crippen molar-refractivity contribution in [3.05, 3.63) is 41.0 Å². The van der Waals surface area contributed by atoms with Crippen LogP contribution in [0.5, 0.6) is 0 Å². The molecule has 0 atom stereocenters. The monoisotopic (exact) mass is 438 g/mol. The van der Waals surface area contributed by atoms with Gasteiger partial charge in [-0.15, -0.1) is 10.2 Å². The highest BCUT2D eigenvalue weighted by Crippen LogP contribution is 2.17. The van der Waals surface area contributed by atoms with Crippen LogP contribution >= 0.6 is 11.8 Å². The lowest BCUT2D eigenvalue weighted by molar-refractivity contribution is 0.601. The number of thioether (sulfide) groups is 1. The van der Waals surface area contributed by atoms with Gasteiger partial charge in [0.25, 0.3) is 0 Å². The molecule has 0 spiro atoms. The summed E-state index contributed by atoms with van der Waals surface area (Å²) in [4.78, 5) is 5.01. The number of aromatic nitrogens is 3. The van der Waals surface area contributed by atoms with Crippen molar-refractivity contribution in [3.8, 4) is 0 Å². The second-order valence-corrected chi connectivity index (χ2v) is 9.86. The Labute approximate surface area is 177 Å². The summed E-state index contributed by atoms with van der Waals surface area (Å²) in [5.41, 5.74) is 1.69. The standard InChI is InChI=1S/C19H30N6O2S2/c1-14-11-16(7-8-17(14)29(5,26)27)12-21-19(20-9-6-10-28-4)22-13-18-24-23-15(2)25(18)3/h7-8,11H,6,9-10,12-13H2,1-5H3,(H2,20,21,22). The molecule has 0 aliphatic carbocycles. The Kier molecular flexibility index (Phi) is 8.51.